The molecule has 0 aromatic heterocycles. The van der Waals surface area contributed by atoms with Gasteiger partial charge in [-0.3, -0.25) is 0 Å². The highest BCUT2D eigenvalue weighted by atomic mass is 19.3. The first kappa shape index (κ1) is 11.5. The smallest absolute Gasteiger partial charge is 0.387 e. The van der Waals surface area contributed by atoms with E-state index in [0.717, 1.165) is 13.2 Å². The minimum absolute atomic E-state index is 0.0199. The highest BCUT2D eigenvalue weighted by molar-refractivity contribution is 5.51. The summed E-state index contributed by atoms with van der Waals surface area (Å²) in [4.78, 5) is 0. The van der Waals surface area contributed by atoms with E-state index < -0.39 is 23.9 Å². The van der Waals surface area contributed by atoms with Crippen molar-refractivity contribution in [3.63, 3.8) is 0 Å². The Morgan fingerprint density at radius 1 is 1.07 bits per heavy atom. The van der Waals surface area contributed by atoms with Crippen LogP contribution in [0, 0.1) is 5.82 Å². The zero-order chi connectivity index (χ0) is 11.4. The van der Waals surface area contributed by atoms with E-state index in [4.69, 9.17) is 4.74 Å². The van der Waals surface area contributed by atoms with Crippen LogP contribution in [0.25, 0.3) is 0 Å². The fraction of sp³-hybridized carbons (Fsp3) is 0.333. The van der Waals surface area contributed by atoms with Crippen LogP contribution in [-0.2, 0) is 0 Å². The van der Waals surface area contributed by atoms with E-state index in [9.17, 15) is 13.2 Å². The number of benzene rings is 1. The zero-order valence-corrected chi connectivity index (χ0v) is 8.09. The lowest BCUT2D eigenvalue weighted by Crippen LogP contribution is -2.06. The third-order valence-electron chi connectivity index (χ3n) is 1.66. The Kier molecular flexibility index (Phi) is 3.65. The first-order chi connectivity index (χ1) is 7.10. The molecule has 84 valence electrons. The lowest BCUT2D eigenvalue weighted by Gasteiger charge is -2.13. The van der Waals surface area contributed by atoms with Crippen molar-refractivity contribution in [2.75, 3.05) is 14.2 Å². The van der Waals surface area contributed by atoms with Gasteiger partial charge in [-0.2, -0.15) is 8.78 Å². The van der Waals surface area contributed by atoms with Crippen LogP contribution >= 0.6 is 0 Å². The molecule has 0 heterocycles. The predicted octanol–water partition coefficient (Wildman–Crippen LogP) is 2.44. The molecule has 0 fully saturated rings. The molecule has 3 nitrogen and oxygen atoms in total. The molecule has 6 heteroatoms. The molecule has 0 bridgehead atoms. The van der Waals surface area contributed by atoms with Crippen LogP contribution in [0.1, 0.15) is 0 Å². The van der Waals surface area contributed by atoms with Gasteiger partial charge in [-0.05, 0) is 12.1 Å². The largest absolute Gasteiger partial charge is 0.493 e. The first-order valence-electron chi connectivity index (χ1n) is 3.95. The van der Waals surface area contributed by atoms with E-state index in [2.05, 4.69) is 9.47 Å². The van der Waals surface area contributed by atoms with Crippen LogP contribution in [0.4, 0.5) is 13.2 Å². The van der Waals surface area contributed by atoms with E-state index in [-0.39, 0.29) is 5.75 Å². The molecule has 15 heavy (non-hydrogen) atoms. The number of alkyl halides is 2. The highest BCUT2D eigenvalue weighted by Gasteiger charge is 2.19. The summed E-state index contributed by atoms with van der Waals surface area (Å²) in [7, 11) is 2.40. The van der Waals surface area contributed by atoms with E-state index in [0.29, 0.717) is 0 Å². The van der Waals surface area contributed by atoms with Crippen molar-refractivity contribution >= 4 is 0 Å². The second kappa shape index (κ2) is 4.77. The summed E-state index contributed by atoms with van der Waals surface area (Å²) >= 11 is 0. The maximum absolute atomic E-state index is 13.1. The summed E-state index contributed by atoms with van der Waals surface area (Å²) in [5.74, 6) is -1.67. The van der Waals surface area contributed by atoms with Gasteiger partial charge in [0.1, 0.15) is 0 Å². The predicted molar refractivity (Wildman–Crippen MR) is 46.1 cm³/mol. The Morgan fingerprint density at radius 3 is 2.20 bits per heavy atom. The Labute approximate surface area is 84.4 Å². The molecule has 0 spiro atoms. The molecule has 0 saturated carbocycles. The van der Waals surface area contributed by atoms with E-state index in [1.165, 1.54) is 13.2 Å². The van der Waals surface area contributed by atoms with Gasteiger partial charge >= 0.3 is 6.61 Å². The Hall–Kier alpha value is -1.59. The SMILES string of the molecule is COc1ccc(F)c(OC)c1OC(F)F. The average molecular weight is 222 g/mol. The monoisotopic (exact) mass is 222 g/mol. The lowest BCUT2D eigenvalue weighted by molar-refractivity contribution is -0.0528. The molecule has 1 rings (SSSR count). The minimum atomic E-state index is -3.07. The molecule has 1 aromatic carbocycles. The number of rotatable bonds is 4. The summed E-state index contributed by atoms with van der Waals surface area (Å²) < 4.78 is 50.6. The fourth-order valence-corrected chi connectivity index (χ4v) is 1.07. The summed E-state index contributed by atoms with van der Waals surface area (Å²) in [6, 6.07) is 2.21. The summed E-state index contributed by atoms with van der Waals surface area (Å²) in [5, 5.41) is 0. The van der Waals surface area contributed by atoms with Crippen LogP contribution in [0.2, 0.25) is 0 Å². The molecular formula is C9H9F3O3. The van der Waals surface area contributed by atoms with Gasteiger partial charge < -0.3 is 14.2 Å². The van der Waals surface area contributed by atoms with Gasteiger partial charge in [0.05, 0.1) is 14.2 Å². The van der Waals surface area contributed by atoms with Crippen molar-refractivity contribution in [1.29, 1.82) is 0 Å². The van der Waals surface area contributed by atoms with Gasteiger partial charge in [0, 0.05) is 0 Å². The van der Waals surface area contributed by atoms with E-state index in [1.807, 2.05) is 0 Å². The van der Waals surface area contributed by atoms with E-state index >= 15 is 0 Å². The van der Waals surface area contributed by atoms with Crippen LogP contribution in [-0.4, -0.2) is 20.8 Å². The van der Waals surface area contributed by atoms with Crippen molar-refractivity contribution < 1.29 is 27.4 Å². The van der Waals surface area contributed by atoms with Gasteiger partial charge in [0.15, 0.2) is 11.6 Å². The van der Waals surface area contributed by atoms with E-state index in [1.54, 1.807) is 0 Å². The highest BCUT2D eigenvalue weighted by Crippen LogP contribution is 2.39. The number of halogens is 3. The van der Waals surface area contributed by atoms with Gasteiger partial charge in [-0.1, -0.05) is 0 Å². The number of methoxy groups -OCH3 is 2. The van der Waals surface area contributed by atoms with Gasteiger partial charge in [0.25, 0.3) is 0 Å². The molecule has 0 amide bonds. The van der Waals surface area contributed by atoms with Crippen LogP contribution in [0.5, 0.6) is 17.2 Å². The lowest BCUT2D eigenvalue weighted by atomic mass is 10.3. The molecule has 0 radical (unpaired) electrons. The Bertz CT molecular complexity index is 342. The van der Waals surface area contributed by atoms with Crippen LogP contribution in [0.15, 0.2) is 12.1 Å². The molecule has 1 aromatic rings. The number of hydrogen-bond donors (Lipinski definition) is 0. The molecule has 0 aliphatic heterocycles. The van der Waals surface area contributed by atoms with Gasteiger partial charge in [0.2, 0.25) is 11.5 Å². The Morgan fingerprint density at radius 2 is 1.73 bits per heavy atom. The molecular weight excluding hydrogens is 213 g/mol. The van der Waals surface area contributed by atoms with Crippen molar-refractivity contribution in [1.82, 2.24) is 0 Å². The second-order valence-electron chi connectivity index (χ2n) is 2.49. The van der Waals surface area contributed by atoms with Crippen LogP contribution < -0.4 is 14.2 Å². The van der Waals surface area contributed by atoms with Crippen molar-refractivity contribution in [3.8, 4) is 17.2 Å². The number of hydrogen-bond acceptors (Lipinski definition) is 3. The quantitative estimate of drug-likeness (QED) is 0.783. The van der Waals surface area contributed by atoms with Gasteiger partial charge in [-0.15, -0.1) is 0 Å². The normalized spacial score (nSPS) is 10.3. The third-order valence-corrected chi connectivity index (χ3v) is 1.66. The second-order valence-corrected chi connectivity index (χ2v) is 2.49. The molecule has 0 aliphatic carbocycles. The standard InChI is InChI=1S/C9H9F3O3/c1-13-6-4-3-5(10)7(14-2)8(6)15-9(11)12/h3-4,9H,1-2H3. The topological polar surface area (TPSA) is 27.7 Å². The maximum Gasteiger partial charge on any atom is 0.387 e. The third kappa shape index (κ3) is 2.45. The summed E-state index contributed by atoms with van der Waals surface area (Å²) in [6.45, 7) is -3.07. The zero-order valence-electron chi connectivity index (χ0n) is 8.09. The summed E-state index contributed by atoms with van der Waals surface area (Å²) in [5.41, 5.74) is 0. The fourth-order valence-electron chi connectivity index (χ4n) is 1.07. The number of ether oxygens (including phenoxy) is 3. The van der Waals surface area contributed by atoms with Crippen LogP contribution in [0.3, 0.4) is 0 Å². The maximum atomic E-state index is 13.1. The molecule has 0 unspecified atom stereocenters. The van der Waals surface area contributed by atoms with Crippen molar-refractivity contribution in [3.05, 3.63) is 17.9 Å². The molecule has 0 saturated heterocycles. The van der Waals surface area contributed by atoms with Crippen molar-refractivity contribution in [2.45, 2.75) is 6.61 Å². The van der Waals surface area contributed by atoms with Gasteiger partial charge in [-0.25, -0.2) is 4.39 Å². The average Bonchev–Trinajstić information content (AvgIpc) is 2.18. The molecule has 0 N–H and O–H groups in total. The molecule has 0 atom stereocenters. The first-order valence-corrected chi connectivity index (χ1v) is 3.95. The Balaban J connectivity index is 3.21. The minimum Gasteiger partial charge on any atom is -0.493 e. The van der Waals surface area contributed by atoms with Crippen molar-refractivity contribution in [2.24, 2.45) is 0 Å². The molecule has 0 aliphatic rings. The summed E-state index contributed by atoms with van der Waals surface area (Å²) in [6.07, 6.45) is 0.